The lowest BCUT2D eigenvalue weighted by Crippen LogP contribution is -2.40. The average Bonchev–Trinajstić information content (AvgIpc) is 2.71. The molecule has 3 aromatic rings. The van der Waals surface area contributed by atoms with Crippen LogP contribution < -0.4 is 10.2 Å². The average molecular weight is 488 g/mol. The summed E-state index contributed by atoms with van der Waals surface area (Å²) in [6.07, 6.45) is -1.64. The fraction of sp³-hybridized carbons (Fsp3) is 0.385. The van der Waals surface area contributed by atoms with Gasteiger partial charge in [0.05, 0.1) is 17.9 Å². The van der Waals surface area contributed by atoms with Crippen LogP contribution >= 0.6 is 0 Å². The molecule has 182 valence electrons. The van der Waals surface area contributed by atoms with E-state index in [1.54, 1.807) is 37.4 Å². The second kappa shape index (κ2) is 9.42. The molecule has 0 bridgehead atoms. The Morgan fingerprint density at radius 3 is 2.15 bits per heavy atom. The molecule has 0 unspecified atom stereocenters. The molecule has 1 aromatic carbocycles. The van der Waals surface area contributed by atoms with E-state index in [1.807, 2.05) is 0 Å². The van der Waals surface area contributed by atoms with Gasteiger partial charge in [-0.25, -0.2) is 0 Å². The number of hydrogen-bond acceptors (Lipinski definition) is 5. The van der Waals surface area contributed by atoms with E-state index in [9.17, 15) is 13.6 Å². The normalized spacial score (nSPS) is 12.6. The van der Waals surface area contributed by atoms with Crippen molar-refractivity contribution < 1.29 is 22.4 Å². The van der Waals surface area contributed by atoms with Crippen LogP contribution in [0.2, 0.25) is 18.1 Å². The molecule has 0 amide bonds. The van der Waals surface area contributed by atoms with E-state index >= 15 is 0 Å². The summed E-state index contributed by atoms with van der Waals surface area (Å²) >= 11 is 0. The van der Waals surface area contributed by atoms with Gasteiger partial charge in [-0.1, -0.05) is 26.8 Å². The summed E-state index contributed by atoms with van der Waals surface area (Å²) in [6, 6.07) is 11.3. The van der Waals surface area contributed by atoms with Crippen molar-refractivity contribution in [1.29, 1.82) is 0 Å². The third-order valence-corrected chi connectivity index (χ3v) is 10.5. The van der Waals surface area contributed by atoms with Crippen molar-refractivity contribution in [3.63, 3.8) is 0 Å². The van der Waals surface area contributed by atoms with Crippen LogP contribution in [0.15, 0.2) is 57.9 Å². The summed E-state index contributed by atoms with van der Waals surface area (Å²) in [5, 5.41) is 0.0219. The number of pyridine rings is 1. The highest BCUT2D eigenvalue weighted by molar-refractivity contribution is 6.74. The molecule has 2 aromatic heterocycles. The van der Waals surface area contributed by atoms with Crippen molar-refractivity contribution in [2.24, 2.45) is 0 Å². The van der Waals surface area contributed by atoms with Crippen molar-refractivity contribution in [3.05, 3.63) is 70.4 Å². The van der Waals surface area contributed by atoms with Gasteiger partial charge < -0.3 is 13.6 Å². The monoisotopic (exact) mass is 487 g/mol. The van der Waals surface area contributed by atoms with Gasteiger partial charge in [0.15, 0.2) is 13.7 Å². The van der Waals surface area contributed by atoms with Crippen molar-refractivity contribution >= 4 is 8.32 Å². The minimum Gasteiger partial charge on any atom is -0.463 e. The van der Waals surface area contributed by atoms with Crippen LogP contribution in [0, 0.1) is 6.92 Å². The zero-order valence-corrected chi connectivity index (χ0v) is 21.7. The second-order valence-electron chi connectivity index (χ2n) is 9.93. The lowest BCUT2D eigenvalue weighted by atomic mass is 10.0. The van der Waals surface area contributed by atoms with Crippen LogP contribution in [0.4, 0.5) is 8.78 Å². The number of aryl methyl sites for hydroxylation is 1. The molecule has 0 N–H and O–H groups in total. The third-order valence-electron chi connectivity index (χ3n) is 6.01. The Balaban J connectivity index is 1.89. The summed E-state index contributed by atoms with van der Waals surface area (Å²) in [4.78, 5) is 17.4. The van der Waals surface area contributed by atoms with E-state index in [0.29, 0.717) is 35.3 Å². The Morgan fingerprint density at radius 2 is 1.62 bits per heavy atom. The molecule has 0 saturated heterocycles. The molecular weight excluding hydrogens is 456 g/mol. The Bertz CT molecular complexity index is 1190. The molecule has 0 aliphatic carbocycles. The number of benzene rings is 1. The number of ether oxygens (including phenoxy) is 1. The molecule has 0 radical (unpaired) electrons. The standard InChI is InChI=1S/C26H31F2NO4Si/c1-17-14-22(30)24(23(32-17)16-31-34(6,7)25(2,3)4)19-10-13-21(29-15-19)18-8-11-20(12-9-18)33-26(5,27)28/h8-15H,16H2,1-7H3. The van der Waals surface area contributed by atoms with Gasteiger partial charge in [0, 0.05) is 30.3 Å². The summed E-state index contributed by atoms with van der Waals surface area (Å²) in [5.74, 6) is 1.06. The maximum absolute atomic E-state index is 13.0. The lowest BCUT2D eigenvalue weighted by molar-refractivity contribution is -0.158. The van der Waals surface area contributed by atoms with Crippen LogP contribution in [0.25, 0.3) is 22.4 Å². The third kappa shape index (κ3) is 6.18. The highest BCUT2D eigenvalue weighted by atomic mass is 28.4. The summed E-state index contributed by atoms with van der Waals surface area (Å²) in [5.41, 5.74) is 2.26. The van der Waals surface area contributed by atoms with Gasteiger partial charge in [-0.05, 0) is 55.4 Å². The fourth-order valence-corrected chi connectivity index (χ4v) is 4.07. The molecule has 8 heteroatoms. The molecule has 34 heavy (non-hydrogen) atoms. The first-order valence-corrected chi connectivity index (χ1v) is 14.0. The first kappa shape index (κ1) is 25.8. The number of alkyl halides is 2. The second-order valence-corrected chi connectivity index (χ2v) is 14.7. The maximum Gasteiger partial charge on any atom is 0.394 e. The molecule has 0 saturated carbocycles. The topological polar surface area (TPSA) is 61.6 Å². The predicted molar refractivity (Wildman–Crippen MR) is 132 cm³/mol. The van der Waals surface area contributed by atoms with Crippen LogP contribution in [-0.4, -0.2) is 19.4 Å². The zero-order valence-electron chi connectivity index (χ0n) is 20.7. The molecule has 0 fully saturated rings. The largest absolute Gasteiger partial charge is 0.463 e. The van der Waals surface area contributed by atoms with Crippen molar-refractivity contribution in [3.8, 4) is 28.1 Å². The first-order valence-electron chi connectivity index (χ1n) is 11.1. The molecule has 0 aliphatic heterocycles. The van der Waals surface area contributed by atoms with Gasteiger partial charge in [0.25, 0.3) is 0 Å². The van der Waals surface area contributed by atoms with Crippen molar-refractivity contribution in [2.75, 3.05) is 0 Å². The Kier molecular flexibility index (Phi) is 7.14. The Morgan fingerprint density at radius 1 is 1.00 bits per heavy atom. The molecule has 3 rings (SSSR count). The number of halogens is 2. The maximum atomic E-state index is 13.0. The van der Waals surface area contributed by atoms with E-state index < -0.39 is 14.4 Å². The Labute approximate surface area is 199 Å². The molecular formula is C26H31F2NO4Si. The number of nitrogens with zero attached hydrogens (tertiary/aromatic N) is 1. The highest BCUT2D eigenvalue weighted by Gasteiger charge is 2.37. The highest BCUT2D eigenvalue weighted by Crippen LogP contribution is 2.37. The minimum absolute atomic E-state index is 0.0219. The predicted octanol–water partition coefficient (Wildman–Crippen LogP) is 7.19. The van der Waals surface area contributed by atoms with Crippen LogP contribution in [-0.2, 0) is 11.0 Å². The van der Waals surface area contributed by atoms with Crippen LogP contribution in [0.5, 0.6) is 5.75 Å². The number of hydrogen-bond donors (Lipinski definition) is 0. The van der Waals surface area contributed by atoms with E-state index in [2.05, 4.69) is 43.6 Å². The molecule has 0 spiro atoms. The van der Waals surface area contributed by atoms with Crippen LogP contribution in [0.3, 0.4) is 0 Å². The van der Waals surface area contributed by atoms with E-state index in [-0.39, 0.29) is 22.8 Å². The van der Waals surface area contributed by atoms with Gasteiger partial charge in [-0.2, -0.15) is 8.78 Å². The van der Waals surface area contributed by atoms with Gasteiger partial charge in [0.2, 0.25) is 0 Å². The molecule has 2 heterocycles. The lowest BCUT2D eigenvalue weighted by Gasteiger charge is -2.36. The van der Waals surface area contributed by atoms with Gasteiger partial charge in [0.1, 0.15) is 17.3 Å². The van der Waals surface area contributed by atoms with Crippen molar-refractivity contribution in [1.82, 2.24) is 4.98 Å². The van der Waals surface area contributed by atoms with Gasteiger partial charge in [-0.15, -0.1) is 0 Å². The number of aromatic nitrogens is 1. The summed E-state index contributed by atoms with van der Waals surface area (Å²) in [7, 11) is -2.05. The minimum atomic E-state index is -3.25. The summed E-state index contributed by atoms with van der Waals surface area (Å²) < 4.78 is 42.9. The zero-order chi connectivity index (χ0) is 25.3. The van der Waals surface area contributed by atoms with Crippen LogP contribution in [0.1, 0.15) is 39.2 Å². The molecule has 0 atom stereocenters. The molecule has 0 aliphatic rings. The van der Waals surface area contributed by atoms with E-state index in [1.165, 1.54) is 18.2 Å². The van der Waals surface area contributed by atoms with Gasteiger partial charge in [-0.3, -0.25) is 9.78 Å². The smallest absolute Gasteiger partial charge is 0.394 e. The Hall–Kier alpha value is -2.84. The quantitative estimate of drug-likeness (QED) is 0.330. The first-order chi connectivity index (χ1) is 15.7. The molecule has 5 nitrogen and oxygen atoms in total. The van der Waals surface area contributed by atoms with E-state index in [0.717, 1.165) is 5.56 Å². The number of rotatable bonds is 7. The fourth-order valence-electron chi connectivity index (χ4n) is 3.15. The SMILES string of the molecule is Cc1cc(=O)c(-c2ccc(-c3ccc(OC(C)(F)F)cc3)nc2)c(CO[Si](C)(C)C(C)(C)C)o1. The summed E-state index contributed by atoms with van der Waals surface area (Å²) in [6.45, 7) is 13.4. The van der Waals surface area contributed by atoms with Crippen molar-refractivity contribution in [2.45, 2.75) is 65.5 Å². The van der Waals surface area contributed by atoms with Gasteiger partial charge >= 0.3 is 6.11 Å². The van der Waals surface area contributed by atoms with E-state index in [4.69, 9.17) is 8.84 Å².